The molecule has 0 spiro atoms. The van der Waals surface area contributed by atoms with Crippen LogP contribution in [-0.4, -0.2) is 24.6 Å². The minimum atomic E-state index is -4.64. The number of halogens is 4. The van der Waals surface area contributed by atoms with Gasteiger partial charge in [0, 0.05) is 17.0 Å². The van der Waals surface area contributed by atoms with Crippen molar-refractivity contribution in [2.45, 2.75) is 19.5 Å². The van der Waals surface area contributed by atoms with E-state index in [2.05, 4.69) is 15.8 Å². The molecule has 2 amide bonds. The summed E-state index contributed by atoms with van der Waals surface area (Å²) in [5.41, 5.74) is 1.80. The Labute approximate surface area is 169 Å². The van der Waals surface area contributed by atoms with Crippen LogP contribution in [0.3, 0.4) is 0 Å². The Hall–Kier alpha value is -3.07. The Kier molecular flexibility index (Phi) is 7.22. The van der Waals surface area contributed by atoms with Gasteiger partial charge in [-0.2, -0.15) is 18.3 Å². The molecule has 0 aliphatic rings. The Morgan fingerprint density at radius 2 is 1.79 bits per heavy atom. The van der Waals surface area contributed by atoms with Crippen LogP contribution in [0.2, 0.25) is 5.02 Å². The maximum Gasteiger partial charge on any atom is 0.417 e. The third-order valence-corrected chi connectivity index (χ3v) is 4.00. The number of hydrogen-bond acceptors (Lipinski definition) is 4. The van der Waals surface area contributed by atoms with Crippen LogP contribution < -0.4 is 15.5 Å². The molecule has 0 saturated heterocycles. The summed E-state index contributed by atoms with van der Waals surface area (Å²) in [6.45, 7) is 1.50. The van der Waals surface area contributed by atoms with Crippen molar-refractivity contribution in [1.82, 2.24) is 5.43 Å². The third kappa shape index (κ3) is 6.49. The van der Waals surface area contributed by atoms with Crippen molar-refractivity contribution in [3.8, 4) is 5.75 Å². The number of alkyl halides is 3. The summed E-state index contributed by atoms with van der Waals surface area (Å²) in [5.74, 6) is -0.492. The quantitative estimate of drug-likeness (QED) is 0.526. The number of ether oxygens (including phenoxy) is 1. The molecule has 154 valence electrons. The first-order valence-corrected chi connectivity index (χ1v) is 8.62. The lowest BCUT2D eigenvalue weighted by Crippen LogP contribution is -2.21. The monoisotopic (exact) mass is 427 g/mol. The van der Waals surface area contributed by atoms with Crippen LogP contribution in [0, 0.1) is 0 Å². The van der Waals surface area contributed by atoms with Gasteiger partial charge in [-0.3, -0.25) is 9.59 Å². The lowest BCUT2D eigenvalue weighted by atomic mass is 10.2. The second kappa shape index (κ2) is 9.42. The van der Waals surface area contributed by atoms with Crippen LogP contribution >= 0.6 is 11.6 Å². The van der Waals surface area contributed by atoms with Gasteiger partial charge in [0.25, 0.3) is 5.91 Å². The summed E-state index contributed by atoms with van der Waals surface area (Å²) in [7, 11) is 1.50. The van der Waals surface area contributed by atoms with Gasteiger partial charge < -0.3 is 10.1 Å². The molecule has 29 heavy (non-hydrogen) atoms. The number of carbonyl (C=O) groups excluding carboxylic acids is 2. The van der Waals surface area contributed by atoms with Gasteiger partial charge in [0.1, 0.15) is 5.75 Å². The standard InChI is InChI=1S/C19H17ClF3N3O3/c1-11(25-26-18(28)12-3-6-14(29-2)7-4-12)9-17(27)24-13-5-8-16(20)15(10-13)19(21,22)23/h3-8,10H,9H2,1-2H3,(H,24,27)(H,26,28)/b25-11-. The van der Waals surface area contributed by atoms with Gasteiger partial charge in [0.05, 0.1) is 24.1 Å². The van der Waals surface area contributed by atoms with Gasteiger partial charge in [0.2, 0.25) is 5.91 Å². The van der Waals surface area contributed by atoms with E-state index in [0.29, 0.717) is 11.3 Å². The van der Waals surface area contributed by atoms with E-state index in [0.717, 1.165) is 12.1 Å². The molecule has 0 aliphatic heterocycles. The first kappa shape index (κ1) is 22.2. The van der Waals surface area contributed by atoms with Crippen molar-refractivity contribution in [2.24, 2.45) is 5.10 Å². The molecule has 0 bridgehead atoms. The summed E-state index contributed by atoms with van der Waals surface area (Å²) in [6.07, 6.45) is -4.87. The average molecular weight is 428 g/mol. The normalized spacial score (nSPS) is 11.7. The maximum absolute atomic E-state index is 12.9. The Morgan fingerprint density at radius 3 is 2.38 bits per heavy atom. The number of hydrogen-bond donors (Lipinski definition) is 2. The number of nitrogens with zero attached hydrogens (tertiary/aromatic N) is 1. The third-order valence-electron chi connectivity index (χ3n) is 3.67. The van der Waals surface area contributed by atoms with Gasteiger partial charge in [-0.15, -0.1) is 0 Å². The van der Waals surface area contributed by atoms with Crippen molar-refractivity contribution in [1.29, 1.82) is 0 Å². The Balaban J connectivity index is 1.95. The van der Waals surface area contributed by atoms with Crippen molar-refractivity contribution >= 4 is 34.8 Å². The van der Waals surface area contributed by atoms with E-state index in [1.54, 1.807) is 24.3 Å². The number of hydrazone groups is 1. The molecule has 2 rings (SSSR count). The predicted molar refractivity (Wildman–Crippen MR) is 103 cm³/mol. The summed E-state index contributed by atoms with van der Waals surface area (Å²) in [4.78, 5) is 24.0. The molecule has 2 aromatic carbocycles. The minimum absolute atomic E-state index is 0.0539. The van der Waals surface area contributed by atoms with Crippen molar-refractivity contribution in [3.63, 3.8) is 0 Å². The lowest BCUT2D eigenvalue weighted by Gasteiger charge is -2.11. The molecule has 2 aromatic rings. The van der Waals surface area contributed by atoms with E-state index in [-0.39, 0.29) is 17.8 Å². The van der Waals surface area contributed by atoms with Crippen LogP contribution in [-0.2, 0) is 11.0 Å². The number of carbonyl (C=O) groups is 2. The number of benzene rings is 2. The molecule has 0 aliphatic carbocycles. The fourth-order valence-corrected chi connectivity index (χ4v) is 2.48. The first-order chi connectivity index (χ1) is 13.6. The van der Waals surface area contributed by atoms with Gasteiger partial charge in [-0.25, -0.2) is 5.43 Å². The minimum Gasteiger partial charge on any atom is -0.497 e. The zero-order chi connectivity index (χ0) is 21.6. The summed E-state index contributed by atoms with van der Waals surface area (Å²) < 4.78 is 43.6. The van der Waals surface area contributed by atoms with Gasteiger partial charge in [-0.1, -0.05) is 11.6 Å². The molecular weight excluding hydrogens is 411 g/mol. The molecule has 10 heteroatoms. The van der Waals surface area contributed by atoms with Crippen LogP contribution in [0.15, 0.2) is 47.6 Å². The van der Waals surface area contributed by atoms with Crippen molar-refractivity contribution in [3.05, 3.63) is 58.6 Å². The van der Waals surface area contributed by atoms with E-state index in [4.69, 9.17) is 16.3 Å². The van der Waals surface area contributed by atoms with Gasteiger partial charge in [0.15, 0.2) is 0 Å². The highest BCUT2D eigenvalue weighted by molar-refractivity contribution is 6.31. The van der Waals surface area contributed by atoms with E-state index in [1.807, 2.05) is 0 Å². The van der Waals surface area contributed by atoms with Crippen LogP contribution in [0.1, 0.15) is 29.3 Å². The van der Waals surface area contributed by atoms with Gasteiger partial charge in [-0.05, 0) is 49.4 Å². The smallest absolute Gasteiger partial charge is 0.417 e. The highest BCUT2D eigenvalue weighted by Gasteiger charge is 2.33. The van der Waals surface area contributed by atoms with Crippen LogP contribution in [0.4, 0.5) is 18.9 Å². The SMILES string of the molecule is COc1ccc(C(=O)N/N=C(/C)CC(=O)Nc2ccc(Cl)c(C(F)(F)F)c2)cc1. The number of amides is 2. The summed E-state index contributed by atoms with van der Waals surface area (Å²) in [5, 5.41) is 5.70. The predicted octanol–water partition coefficient (Wildman–Crippen LogP) is 4.50. The van der Waals surface area contributed by atoms with Crippen LogP contribution in [0.5, 0.6) is 5.75 Å². The number of nitrogens with one attached hydrogen (secondary N) is 2. The molecule has 0 saturated carbocycles. The fraction of sp³-hybridized carbons (Fsp3) is 0.211. The van der Waals surface area contributed by atoms with E-state index in [1.165, 1.54) is 20.1 Å². The molecule has 6 nitrogen and oxygen atoms in total. The summed E-state index contributed by atoms with van der Waals surface area (Å²) >= 11 is 5.54. The maximum atomic E-state index is 12.9. The van der Waals surface area contributed by atoms with E-state index >= 15 is 0 Å². The second-order valence-corrected chi connectivity index (χ2v) is 6.34. The summed E-state index contributed by atoms with van der Waals surface area (Å²) in [6, 6.07) is 9.37. The lowest BCUT2D eigenvalue weighted by molar-refractivity contribution is -0.137. The molecule has 0 aromatic heterocycles. The van der Waals surface area contributed by atoms with Crippen LogP contribution in [0.25, 0.3) is 0 Å². The number of rotatable bonds is 6. The van der Waals surface area contributed by atoms with E-state index in [9.17, 15) is 22.8 Å². The number of anilines is 1. The topological polar surface area (TPSA) is 79.8 Å². The Bertz CT molecular complexity index is 929. The second-order valence-electron chi connectivity index (χ2n) is 5.93. The molecule has 0 heterocycles. The largest absolute Gasteiger partial charge is 0.497 e. The molecule has 2 N–H and O–H groups in total. The average Bonchev–Trinajstić information content (AvgIpc) is 2.66. The van der Waals surface area contributed by atoms with E-state index < -0.39 is 28.6 Å². The van der Waals surface area contributed by atoms with Gasteiger partial charge >= 0.3 is 6.18 Å². The molecule has 0 atom stereocenters. The zero-order valence-electron chi connectivity index (χ0n) is 15.4. The van der Waals surface area contributed by atoms with Crippen molar-refractivity contribution < 1.29 is 27.5 Å². The highest BCUT2D eigenvalue weighted by Crippen LogP contribution is 2.36. The highest BCUT2D eigenvalue weighted by atomic mass is 35.5. The number of methoxy groups -OCH3 is 1. The molecule has 0 unspecified atom stereocenters. The molecule has 0 fully saturated rings. The first-order valence-electron chi connectivity index (χ1n) is 8.24. The molecular formula is C19H17ClF3N3O3. The fourth-order valence-electron chi connectivity index (χ4n) is 2.25. The van der Waals surface area contributed by atoms with Crippen molar-refractivity contribution in [2.75, 3.05) is 12.4 Å². The molecule has 0 radical (unpaired) electrons. The zero-order valence-corrected chi connectivity index (χ0v) is 16.2. The Morgan fingerprint density at radius 1 is 1.14 bits per heavy atom.